The molecule has 0 spiro atoms. The summed E-state index contributed by atoms with van der Waals surface area (Å²) in [5.41, 5.74) is 3.39. The third-order valence-electron chi connectivity index (χ3n) is 5.78. The van der Waals surface area contributed by atoms with E-state index in [-0.39, 0.29) is 12.0 Å². The maximum Gasteiger partial charge on any atom is 0.435 e. The van der Waals surface area contributed by atoms with Crippen LogP contribution in [0.15, 0.2) is 60.8 Å². The number of amides is 1. The monoisotopic (exact) mass is 477 g/mol. The molecule has 1 aliphatic heterocycles. The molecule has 3 aromatic rings. The van der Waals surface area contributed by atoms with Gasteiger partial charge in [0.1, 0.15) is 12.2 Å². The molecule has 1 N–H and O–H groups in total. The maximum atomic E-state index is 12.4. The number of anilines is 1. The van der Waals surface area contributed by atoms with E-state index < -0.39 is 17.8 Å². The van der Waals surface area contributed by atoms with Gasteiger partial charge in [0, 0.05) is 23.7 Å². The largest absolute Gasteiger partial charge is 0.444 e. The van der Waals surface area contributed by atoms with Crippen molar-refractivity contribution in [2.75, 3.05) is 18.5 Å². The molecule has 184 valence electrons. The van der Waals surface area contributed by atoms with Gasteiger partial charge in [-0.25, -0.2) is 9.59 Å². The van der Waals surface area contributed by atoms with Crippen LogP contribution in [-0.2, 0) is 32.7 Å². The number of carbonyl (C=O) groups excluding carboxylic acids is 2. The van der Waals surface area contributed by atoms with Crippen LogP contribution in [0.2, 0.25) is 0 Å². The first kappa shape index (κ1) is 24.5. The summed E-state index contributed by atoms with van der Waals surface area (Å²) >= 11 is 0. The summed E-state index contributed by atoms with van der Waals surface area (Å²) in [5.74, 6) is 0. The molecule has 1 amide bonds. The van der Waals surface area contributed by atoms with Gasteiger partial charge in [0.25, 0.3) is 0 Å². The topological polar surface area (TPSA) is 91.7 Å². The van der Waals surface area contributed by atoms with Crippen LogP contribution in [0.4, 0.5) is 15.3 Å². The minimum atomic E-state index is -0.601. The summed E-state index contributed by atoms with van der Waals surface area (Å²) < 4.78 is 17.6. The summed E-state index contributed by atoms with van der Waals surface area (Å²) in [6, 6.07) is 17.2. The van der Waals surface area contributed by atoms with Gasteiger partial charge in [-0.3, -0.25) is 5.32 Å². The van der Waals surface area contributed by atoms with E-state index >= 15 is 0 Å². The highest BCUT2D eigenvalue weighted by Gasteiger charge is 2.41. The Morgan fingerprint density at radius 3 is 2.51 bits per heavy atom. The quantitative estimate of drug-likeness (QED) is 0.522. The molecule has 8 heteroatoms. The highest BCUT2D eigenvalue weighted by Crippen LogP contribution is 2.37. The number of carbonyl (C=O) groups is 2. The molecule has 4 rings (SSSR count). The lowest BCUT2D eigenvalue weighted by Crippen LogP contribution is -2.48. The van der Waals surface area contributed by atoms with Crippen molar-refractivity contribution in [3.63, 3.8) is 0 Å². The van der Waals surface area contributed by atoms with Crippen LogP contribution in [0.1, 0.15) is 43.2 Å². The molecule has 8 nitrogen and oxygen atoms in total. The predicted molar refractivity (Wildman–Crippen MR) is 131 cm³/mol. The van der Waals surface area contributed by atoms with Gasteiger partial charge >= 0.3 is 12.2 Å². The van der Waals surface area contributed by atoms with Gasteiger partial charge in [0.05, 0.1) is 18.9 Å². The van der Waals surface area contributed by atoms with Crippen molar-refractivity contribution >= 4 is 17.9 Å². The van der Waals surface area contributed by atoms with Gasteiger partial charge in [-0.05, 0) is 56.5 Å². The summed E-state index contributed by atoms with van der Waals surface area (Å²) in [5, 5.41) is 7.31. The van der Waals surface area contributed by atoms with Crippen molar-refractivity contribution in [2.45, 2.75) is 51.7 Å². The van der Waals surface area contributed by atoms with E-state index in [1.54, 1.807) is 6.20 Å². The highest BCUT2D eigenvalue weighted by atomic mass is 16.6. The first-order valence-electron chi connectivity index (χ1n) is 11.6. The molecular weight excluding hydrogens is 446 g/mol. The van der Waals surface area contributed by atoms with E-state index in [1.165, 1.54) is 4.68 Å². The van der Waals surface area contributed by atoms with Crippen molar-refractivity contribution in [3.8, 4) is 0 Å². The van der Waals surface area contributed by atoms with E-state index in [0.29, 0.717) is 25.3 Å². The number of hydrogen-bond acceptors (Lipinski definition) is 6. The van der Waals surface area contributed by atoms with Crippen LogP contribution < -0.4 is 5.32 Å². The number of benzene rings is 2. The van der Waals surface area contributed by atoms with Crippen LogP contribution in [0.3, 0.4) is 0 Å². The summed E-state index contributed by atoms with van der Waals surface area (Å²) in [7, 11) is 0. The smallest absolute Gasteiger partial charge is 0.435 e. The zero-order chi connectivity index (χ0) is 25.1. The lowest BCUT2D eigenvalue weighted by atomic mass is 9.74. The Morgan fingerprint density at radius 2 is 1.86 bits per heavy atom. The summed E-state index contributed by atoms with van der Waals surface area (Å²) in [6.07, 6.45) is 1.26. The molecular formula is C27H31N3O5. The first-order chi connectivity index (χ1) is 16.6. The zero-order valence-corrected chi connectivity index (χ0v) is 20.5. The molecule has 1 aliphatic rings. The molecule has 1 fully saturated rings. The molecule has 1 saturated heterocycles. The fourth-order valence-corrected chi connectivity index (χ4v) is 3.92. The minimum Gasteiger partial charge on any atom is -0.444 e. The maximum absolute atomic E-state index is 12.4. The third kappa shape index (κ3) is 6.08. The Balaban J connectivity index is 1.45. The number of hydrogen-bond donors (Lipinski definition) is 1. The first-order valence-corrected chi connectivity index (χ1v) is 11.6. The Morgan fingerprint density at radius 1 is 1.11 bits per heavy atom. The van der Waals surface area contributed by atoms with Crippen LogP contribution in [0.25, 0.3) is 0 Å². The number of aryl methyl sites for hydroxylation is 1. The van der Waals surface area contributed by atoms with Gasteiger partial charge in [-0.15, -0.1) is 0 Å². The van der Waals surface area contributed by atoms with Crippen molar-refractivity contribution in [1.82, 2.24) is 9.78 Å². The normalized spacial score (nSPS) is 14.6. The molecule has 2 aromatic carbocycles. The second-order valence-electron chi connectivity index (χ2n) is 9.90. The van der Waals surface area contributed by atoms with Gasteiger partial charge in [0.2, 0.25) is 0 Å². The average Bonchev–Trinajstić information content (AvgIpc) is 3.15. The van der Waals surface area contributed by atoms with Crippen molar-refractivity contribution in [2.24, 2.45) is 0 Å². The van der Waals surface area contributed by atoms with E-state index in [9.17, 15) is 9.59 Å². The Labute approximate surface area is 205 Å². The summed E-state index contributed by atoms with van der Waals surface area (Å²) in [4.78, 5) is 24.8. The molecule has 2 heterocycles. The van der Waals surface area contributed by atoms with Gasteiger partial charge in [-0.1, -0.05) is 42.5 Å². The number of aromatic nitrogens is 2. The zero-order valence-electron chi connectivity index (χ0n) is 20.5. The second kappa shape index (κ2) is 9.92. The standard InChI is InChI=1S/C27H31N3O5/c1-19-15-30(25(32)35-26(2,3)4)29-23(19)14-27(17-33-18-27)21-11-8-12-22(13-21)28-24(31)34-16-20-9-6-5-7-10-20/h5-13,15H,14,16-18H2,1-4H3,(H,28,31). The molecule has 0 atom stereocenters. The molecule has 0 radical (unpaired) electrons. The van der Waals surface area contributed by atoms with Crippen LogP contribution in [0, 0.1) is 6.92 Å². The second-order valence-corrected chi connectivity index (χ2v) is 9.90. The number of nitrogens with one attached hydrogen (secondary N) is 1. The van der Waals surface area contributed by atoms with E-state index in [2.05, 4.69) is 10.4 Å². The SMILES string of the molecule is Cc1cn(C(=O)OC(C)(C)C)nc1CC1(c2cccc(NC(=O)OCc3ccccc3)c2)COC1. The third-order valence-corrected chi connectivity index (χ3v) is 5.78. The molecule has 0 bridgehead atoms. The fourth-order valence-electron chi connectivity index (χ4n) is 3.92. The lowest BCUT2D eigenvalue weighted by molar-refractivity contribution is -0.0604. The van der Waals surface area contributed by atoms with E-state index in [1.807, 2.05) is 82.3 Å². The minimum absolute atomic E-state index is 0.198. The molecule has 0 aliphatic carbocycles. The van der Waals surface area contributed by atoms with Crippen molar-refractivity contribution in [1.29, 1.82) is 0 Å². The molecule has 1 aromatic heterocycles. The predicted octanol–water partition coefficient (Wildman–Crippen LogP) is 5.23. The van der Waals surface area contributed by atoms with Crippen molar-refractivity contribution in [3.05, 3.63) is 83.2 Å². The fraction of sp³-hybridized carbons (Fsp3) is 0.370. The Bertz CT molecular complexity index is 1190. The molecule has 0 saturated carbocycles. The number of nitrogens with zero attached hydrogens (tertiary/aromatic N) is 2. The van der Waals surface area contributed by atoms with Crippen LogP contribution in [-0.4, -0.2) is 40.8 Å². The highest BCUT2D eigenvalue weighted by molar-refractivity contribution is 5.84. The average molecular weight is 478 g/mol. The molecule has 0 unspecified atom stereocenters. The Hall–Kier alpha value is -3.65. The molecule has 35 heavy (non-hydrogen) atoms. The summed E-state index contributed by atoms with van der Waals surface area (Å²) in [6.45, 7) is 8.63. The van der Waals surface area contributed by atoms with Crippen molar-refractivity contribution < 1.29 is 23.8 Å². The lowest BCUT2D eigenvalue weighted by Gasteiger charge is -2.42. The number of ether oxygens (including phenoxy) is 3. The van der Waals surface area contributed by atoms with E-state index in [0.717, 1.165) is 22.4 Å². The van der Waals surface area contributed by atoms with Crippen LogP contribution in [0.5, 0.6) is 0 Å². The van der Waals surface area contributed by atoms with Gasteiger partial charge in [0.15, 0.2) is 0 Å². The number of rotatable bonds is 6. The van der Waals surface area contributed by atoms with Gasteiger partial charge in [-0.2, -0.15) is 9.78 Å². The Kier molecular flexibility index (Phi) is 6.93. The van der Waals surface area contributed by atoms with Gasteiger partial charge < -0.3 is 14.2 Å². The van der Waals surface area contributed by atoms with Crippen LogP contribution >= 0.6 is 0 Å². The van der Waals surface area contributed by atoms with E-state index in [4.69, 9.17) is 14.2 Å².